The van der Waals surface area contributed by atoms with Gasteiger partial charge in [-0.2, -0.15) is 0 Å². The summed E-state index contributed by atoms with van der Waals surface area (Å²) in [4.78, 5) is 61.4. The second-order valence-corrected chi connectivity index (χ2v) is 17.3. The Morgan fingerprint density at radius 1 is 0.981 bits per heavy atom. The molecular weight excluding hydrogens is 730 g/mol. The molecule has 7 atom stereocenters. The van der Waals surface area contributed by atoms with E-state index in [0.717, 1.165) is 12.8 Å². The van der Waals surface area contributed by atoms with Crippen LogP contribution in [0.2, 0.25) is 0 Å². The number of likely N-dealkylation sites (tertiary alicyclic amines) is 1. The maximum atomic E-state index is 15.3. The molecule has 52 heavy (non-hydrogen) atoms. The molecule has 4 aliphatic heterocycles. The van der Waals surface area contributed by atoms with Gasteiger partial charge in [0.15, 0.2) is 0 Å². The molecule has 1 aromatic rings. The SMILES string of the molecule is COC[C@@H]1NC(=O)CC/C=C\CN(C(C)(C)CC(C)(C)C)C(=O)[C@H]2N(CCCCCCO)C(=O)[C@@H]3[C@@H](C(=O)O[C@H]1c1ccccc1)[C@@H]1O[C@@]32C=C1Br. The highest BCUT2D eigenvalue weighted by Crippen LogP contribution is 2.59. The van der Waals surface area contributed by atoms with Crippen LogP contribution < -0.4 is 5.32 Å². The molecule has 0 saturated carbocycles. The van der Waals surface area contributed by atoms with Crippen LogP contribution in [0.5, 0.6) is 0 Å². The molecule has 2 N–H and O–H groups in total. The number of rotatable bonds is 11. The highest BCUT2D eigenvalue weighted by Gasteiger charge is 2.75. The highest BCUT2D eigenvalue weighted by molar-refractivity contribution is 9.11. The molecule has 5 rings (SSSR count). The van der Waals surface area contributed by atoms with E-state index >= 15 is 4.79 Å². The number of carbonyl (C=O) groups is 4. The van der Waals surface area contributed by atoms with Gasteiger partial charge in [-0.15, -0.1) is 0 Å². The van der Waals surface area contributed by atoms with Crippen molar-refractivity contribution in [2.45, 2.75) is 115 Å². The number of carbonyl (C=O) groups excluding carboxylic acids is 4. The summed E-state index contributed by atoms with van der Waals surface area (Å²) in [5.41, 5.74) is -1.48. The fraction of sp³-hybridized carbons (Fsp3) is 0.650. The minimum Gasteiger partial charge on any atom is -0.455 e. The molecule has 12 heteroatoms. The molecule has 286 valence electrons. The zero-order chi connectivity index (χ0) is 37.8. The van der Waals surface area contributed by atoms with Crippen molar-refractivity contribution >= 4 is 39.6 Å². The second-order valence-electron chi connectivity index (χ2n) is 16.4. The number of benzene rings is 1. The highest BCUT2D eigenvalue weighted by atomic mass is 79.9. The number of esters is 1. The summed E-state index contributed by atoms with van der Waals surface area (Å²) in [5, 5.41) is 12.4. The maximum Gasteiger partial charge on any atom is 0.313 e. The number of aliphatic hydroxyl groups is 1. The Balaban J connectivity index is 1.63. The van der Waals surface area contributed by atoms with Crippen molar-refractivity contribution in [2.75, 3.05) is 33.4 Å². The van der Waals surface area contributed by atoms with Crippen molar-refractivity contribution in [2.24, 2.45) is 17.3 Å². The van der Waals surface area contributed by atoms with Crippen LogP contribution in [0, 0.1) is 17.3 Å². The van der Waals surface area contributed by atoms with E-state index < -0.39 is 53.2 Å². The average molecular weight is 787 g/mol. The number of fused-ring (bicyclic) bond motifs is 2. The Hall–Kier alpha value is -3.06. The molecule has 0 unspecified atom stereocenters. The van der Waals surface area contributed by atoms with Crippen molar-refractivity contribution in [1.82, 2.24) is 15.1 Å². The molecule has 2 fully saturated rings. The topological polar surface area (TPSA) is 135 Å². The van der Waals surface area contributed by atoms with Gasteiger partial charge >= 0.3 is 5.97 Å². The molecule has 0 aromatic heterocycles. The Kier molecular flexibility index (Phi) is 12.8. The lowest BCUT2D eigenvalue weighted by Gasteiger charge is -2.45. The number of nitrogens with one attached hydrogen (secondary N) is 1. The van der Waals surface area contributed by atoms with Crippen molar-refractivity contribution in [1.29, 1.82) is 0 Å². The van der Waals surface area contributed by atoms with Crippen LogP contribution in [0.1, 0.15) is 91.2 Å². The normalized spacial score (nSPS) is 30.7. The molecule has 4 aliphatic rings. The van der Waals surface area contributed by atoms with Gasteiger partial charge in [0.05, 0.1) is 18.6 Å². The van der Waals surface area contributed by atoms with Crippen LogP contribution in [0.4, 0.5) is 0 Å². The van der Waals surface area contributed by atoms with E-state index in [-0.39, 0.29) is 49.3 Å². The number of allylic oxidation sites excluding steroid dienone is 1. The van der Waals surface area contributed by atoms with E-state index in [2.05, 4.69) is 42.0 Å². The monoisotopic (exact) mass is 785 g/mol. The summed E-state index contributed by atoms with van der Waals surface area (Å²) < 4.78 is 19.2. The third kappa shape index (κ3) is 8.35. The molecular formula is C40H56BrN3O8. The number of ether oxygens (including phenoxy) is 3. The van der Waals surface area contributed by atoms with Gasteiger partial charge in [-0.1, -0.05) is 92.0 Å². The van der Waals surface area contributed by atoms with Crippen molar-refractivity contribution in [3.63, 3.8) is 0 Å². The molecule has 0 aliphatic carbocycles. The number of hydrogen-bond donors (Lipinski definition) is 2. The molecule has 4 heterocycles. The number of unbranched alkanes of at least 4 members (excludes halogenated alkanes) is 3. The predicted molar refractivity (Wildman–Crippen MR) is 200 cm³/mol. The summed E-state index contributed by atoms with van der Waals surface area (Å²) in [6.45, 7) is 11.2. The van der Waals surface area contributed by atoms with Gasteiger partial charge in [0.1, 0.15) is 29.8 Å². The first-order valence-corrected chi connectivity index (χ1v) is 19.4. The first kappa shape index (κ1) is 40.1. The second kappa shape index (κ2) is 16.5. The minimum absolute atomic E-state index is 0.0767. The van der Waals surface area contributed by atoms with Crippen LogP contribution in [0.3, 0.4) is 0 Å². The smallest absolute Gasteiger partial charge is 0.313 e. The molecule has 2 saturated heterocycles. The van der Waals surface area contributed by atoms with Crippen molar-refractivity contribution in [3.8, 4) is 0 Å². The minimum atomic E-state index is -1.40. The van der Waals surface area contributed by atoms with E-state index in [9.17, 15) is 19.5 Å². The Labute approximate surface area is 316 Å². The van der Waals surface area contributed by atoms with Crippen LogP contribution in [0.15, 0.2) is 53.0 Å². The summed E-state index contributed by atoms with van der Waals surface area (Å²) in [5.74, 6) is -3.48. The lowest BCUT2D eigenvalue weighted by atomic mass is 9.74. The third-order valence-electron chi connectivity index (χ3n) is 10.6. The fourth-order valence-corrected chi connectivity index (χ4v) is 9.57. The van der Waals surface area contributed by atoms with Gasteiger partial charge in [0, 0.05) is 43.2 Å². The van der Waals surface area contributed by atoms with E-state index in [0.29, 0.717) is 42.3 Å². The summed E-state index contributed by atoms with van der Waals surface area (Å²) in [7, 11) is 1.52. The molecule has 3 amide bonds. The molecule has 11 nitrogen and oxygen atoms in total. The lowest BCUT2D eigenvalue weighted by molar-refractivity contribution is -0.162. The standard InChI is InChI=1S/C40H56BrN3O8/c1-38(2,3)25-39(4,5)44-21-15-10-13-19-29(46)42-28(24-50-6)32(26-17-11-9-12-18-26)51-37(49)30-31-35(47)43(20-14-7-8-16-22-45)34(36(44)48)40(31)23-27(41)33(30)52-40/h9-12,15,17-18,23,28,30-34,45H,7-8,13-14,16,19-22,24-25H2,1-6H3,(H,42,46)/b15-10-/t28-,30+,31-,32-,33+,34+,40-/m0/s1. The van der Waals surface area contributed by atoms with E-state index in [1.54, 1.807) is 4.90 Å². The molecule has 0 radical (unpaired) electrons. The van der Waals surface area contributed by atoms with Gasteiger partial charge < -0.3 is 34.4 Å². The molecule has 1 aromatic carbocycles. The lowest BCUT2D eigenvalue weighted by Crippen LogP contribution is -2.60. The largest absolute Gasteiger partial charge is 0.455 e. The van der Waals surface area contributed by atoms with Crippen molar-refractivity contribution < 1.29 is 38.5 Å². The van der Waals surface area contributed by atoms with Crippen LogP contribution in [-0.2, 0) is 33.4 Å². The zero-order valence-electron chi connectivity index (χ0n) is 31.4. The summed E-state index contributed by atoms with van der Waals surface area (Å²) in [6, 6.07) is 7.44. The van der Waals surface area contributed by atoms with E-state index in [4.69, 9.17) is 14.2 Å². The average Bonchev–Trinajstić information content (AvgIpc) is 3.66. The van der Waals surface area contributed by atoms with Gasteiger partial charge in [-0.25, -0.2) is 0 Å². The number of methoxy groups -OCH3 is 1. The number of amides is 3. The van der Waals surface area contributed by atoms with Gasteiger partial charge in [0.2, 0.25) is 17.7 Å². The number of hydrogen-bond acceptors (Lipinski definition) is 8. The Morgan fingerprint density at radius 3 is 2.37 bits per heavy atom. The maximum absolute atomic E-state index is 15.3. The Bertz CT molecular complexity index is 1520. The van der Waals surface area contributed by atoms with Gasteiger partial charge in [-0.05, 0) is 56.6 Å². The van der Waals surface area contributed by atoms with Gasteiger partial charge in [-0.3, -0.25) is 19.2 Å². The van der Waals surface area contributed by atoms with Crippen LogP contribution >= 0.6 is 15.9 Å². The number of nitrogens with zero attached hydrogens (tertiary/aromatic N) is 2. The quantitative estimate of drug-likeness (QED) is 0.177. The van der Waals surface area contributed by atoms with Crippen LogP contribution in [-0.4, -0.2) is 101 Å². The van der Waals surface area contributed by atoms with Crippen molar-refractivity contribution in [3.05, 3.63) is 58.6 Å². The van der Waals surface area contributed by atoms with Gasteiger partial charge in [0.25, 0.3) is 0 Å². The van der Waals surface area contributed by atoms with E-state index in [1.807, 2.05) is 67.3 Å². The van der Waals surface area contributed by atoms with Crippen LogP contribution in [0.25, 0.3) is 0 Å². The molecule has 1 spiro atoms. The Morgan fingerprint density at radius 2 is 1.69 bits per heavy atom. The number of halogens is 1. The van der Waals surface area contributed by atoms with E-state index in [1.165, 1.54) is 7.11 Å². The third-order valence-corrected chi connectivity index (χ3v) is 11.3. The number of aliphatic hydroxyl groups excluding tert-OH is 1. The fourth-order valence-electron chi connectivity index (χ4n) is 8.83. The summed E-state index contributed by atoms with van der Waals surface area (Å²) in [6.07, 6.45) is 8.06. The molecule has 5 bridgehead atoms. The first-order valence-electron chi connectivity index (χ1n) is 18.6. The summed E-state index contributed by atoms with van der Waals surface area (Å²) >= 11 is 3.66. The number of cyclic esters (lactones) is 1. The predicted octanol–water partition coefficient (Wildman–Crippen LogP) is 5.22. The first-order chi connectivity index (χ1) is 24.6. The zero-order valence-corrected chi connectivity index (χ0v) is 33.0.